The fraction of sp³-hybridized carbons (Fsp3) is 0.0909. The van der Waals surface area contributed by atoms with E-state index in [0.29, 0.717) is 16.2 Å². The average molecular weight is 257 g/mol. The highest BCUT2D eigenvalue weighted by molar-refractivity contribution is 6.80. The van der Waals surface area contributed by atoms with Gasteiger partial charge in [-0.15, -0.1) is 15.3 Å². The number of aromatic nitrogens is 3. The van der Waals surface area contributed by atoms with E-state index in [1.165, 1.54) is 6.92 Å². The molecule has 1 aromatic carbocycles. The second kappa shape index (κ2) is 3.80. The van der Waals surface area contributed by atoms with Crippen molar-refractivity contribution < 1.29 is 14.4 Å². The van der Waals surface area contributed by atoms with Gasteiger partial charge in [0.25, 0.3) is 11.6 Å². The van der Waals surface area contributed by atoms with Crippen LogP contribution in [0.3, 0.4) is 0 Å². The van der Waals surface area contributed by atoms with E-state index in [-0.39, 0.29) is 5.71 Å². The number of fused-ring (bicyclic) bond motifs is 1. The van der Waals surface area contributed by atoms with Gasteiger partial charge in [0.2, 0.25) is 0 Å². The average Bonchev–Trinajstić information content (AvgIpc) is 2.84. The maximum Gasteiger partial charge on any atom is 0.341 e. The first-order chi connectivity index (χ1) is 9.08. The molecule has 0 saturated heterocycles. The molecule has 2 heterocycles. The molecule has 0 bridgehead atoms. The molecule has 0 saturated carbocycles. The van der Waals surface area contributed by atoms with E-state index in [9.17, 15) is 14.4 Å². The number of nitrogens with zero attached hydrogens (tertiary/aromatic N) is 5. The molecule has 1 aliphatic heterocycles. The number of carbonyl (C=O) groups is 3. The van der Waals surface area contributed by atoms with Gasteiger partial charge in [0.05, 0.1) is 0 Å². The molecule has 2 aromatic rings. The minimum Gasteiger partial charge on any atom is -0.283 e. The number of carbonyl (C=O) groups excluding carboxylic acids is 3. The van der Waals surface area contributed by atoms with E-state index < -0.39 is 17.5 Å². The number of Topliss-reactive ketones (excluding diaryl/α,β-unsaturated/α-hetero) is 2. The summed E-state index contributed by atoms with van der Waals surface area (Å²) in [6, 6.07) is 6.94. The molecule has 19 heavy (non-hydrogen) atoms. The summed E-state index contributed by atoms with van der Waals surface area (Å²) in [4.78, 5) is 35.4. The molecule has 1 aromatic heterocycles. The van der Waals surface area contributed by atoms with Crippen molar-refractivity contribution >= 4 is 34.2 Å². The van der Waals surface area contributed by atoms with Crippen LogP contribution in [0.1, 0.15) is 6.92 Å². The van der Waals surface area contributed by atoms with Crippen LogP contribution in [0.5, 0.6) is 0 Å². The van der Waals surface area contributed by atoms with Crippen LogP contribution in [-0.2, 0) is 14.4 Å². The van der Waals surface area contributed by atoms with Gasteiger partial charge in [-0.3, -0.25) is 14.4 Å². The van der Waals surface area contributed by atoms with Gasteiger partial charge < -0.3 is 0 Å². The van der Waals surface area contributed by atoms with Crippen molar-refractivity contribution in [3.63, 3.8) is 0 Å². The SMILES string of the molecule is CC1=NN(n2nc3ccccc3n2)C(=O)C(=O)C1=O. The molecule has 0 unspecified atom stereocenters. The van der Waals surface area contributed by atoms with Gasteiger partial charge in [0.15, 0.2) is 0 Å². The number of ketones is 2. The van der Waals surface area contributed by atoms with Crippen LogP contribution in [0.25, 0.3) is 11.0 Å². The Bertz CT molecular complexity index is 728. The van der Waals surface area contributed by atoms with Gasteiger partial charge in [-0.2, -0.15) is 0 Å². The summed E-state index contributed by atoms with van der Waals surface area (Å²) in [5, 5.41) is 12.4. The highest BCUT2D eigenvalue weighted by Crippen LogP contribution is 2.09. The molecule has 1 aliphatic rings. The van der Waals surface area contributed by atoms with Crippen LogP contribution in [0, 0.1) is 0 Å². The fourth-order valence-corrected chi connectivity index (χ4v) is 1.64. The van der Waals surface area contributed by atoms with Crippen molar-refractivity contribution in [3.8, 4) is 0 Å². The Morgan fingerprint density at radius 3 is 2.11 bits per heavy atom. The Morgan fingerprint density at radius 1 is 0.947 bits per heavy atom. The molecule has 3 rings (SSSR count). The maximum atomic E-state index is 11.7. The van der Waals surface area contributed by atoms with E-state index in [1.807, 2.05) is 0 Å². The van der Waals surface area contributed by atoms with Gasteiger partial charge in [0.1, 0.15) is 16.7 Å². The highest BCUT2D eigenvalue weighted by Gasteiger charge is 2.37. The maximum absolute atomic E-state index is 11.7. The van der Waals surface area contributed by atoms with Crippen LogP contribution in [0.4, 0.5) is 0 Å². The summed E-state index contributed by atoms with van der Waals surface area (Å²) >= 11 is 0. The summed E-state index contributed by atoms with van der Waals surface area (Å²) in [5.41, 5.74) is 1.02. The molecule has 94 valence electrons. The van der Waals surface area contributed by atoms with Crippen LogP contribution >= 0.6 is 0 Å². The van der Waals surface area contributed by atoms with E-state index in [1.54, 1.807) is 24.3 Å². The molecule has 8 heteroatoms. The third-order valence-corrected chi connectivity index (χ3v) is 2.60. The molecule has 0 radical (unpaired) electrons. The molecular formula is C11H7N5O3. The van der Waals surface area contributed by atoms with Gasteiger partial charge in [-0.25, -0.2) is 0 Å². The van der Waals surface area contributed by atoms with E-state index in [0.717, 1.165) is 4.91 Å². The third kappa shape index (κ3) is 1.61. The number of amides is 1. The second-order valence-corrected chi connectivity index (χ2v) is 3.90. The van der Waals surface area contributed by atoms with E-state index in [2.05, 4.69) is 15.3 Å². The number of rotatable bonds is 1. The van der Waals surface area contributed by atoms with Crippen molar-refractivity contribution in [3.05, 3.63) is 24.3 Å². The van der Waals surface area contributed by atoms with Gasteiger partial charge in [-0.05, 0) is 19.1 Å². The lowest BCUT2D eigenvalue weighted by molar-refractivity contribution is -0.143. The molecular weight excluding hydrogens is 250 g/mol. The molecule has 0 N–H and O–H groups in total. The fourth-order valence-electron chi connectivity index (χ4n) is 1.64. The largest absolute Gasteiger partial charge is 0.341 e. The monoisotopic (exact) mass is 257 g/mol. The minimum absolute atomic E-state index is 0.0778. The first-order valence-electron chi connectivity index (χ1n) is 5.38. The van der Waals surface area contributed by atoms with Crippen molar-refractivity contribution in [1.29, 1.82) is 0 Å². The standard InChI is InChI=1S/C11H7N5O3/c1-6-9(17)10(18)11(19)15(12-6)16-13-7-4-2-3-5-8(7)14-16/h2-5H,1H3. The van der Waals surface area contributed by atoms with Crippen LogP contribution in [0.15, 0.2) is 29.4 Å². The quantitative estimate of drug-likeness (QED) is 0.637. The molecule has 0 aliphatic carbocycles. The predicted octanol–water partition coefficient (Wildman–Crippen LogP) is -0.576. The van der Waals surface area contributed by atoms with Crippen LogP contribution in [0.2, 0.25) is 0 Å². The number of benzene rings is 1. The van der Waals surface area contributed by atoms with Gasteiger partial charge in [-0.1, -0.05) is 22.2 Å². The van der Waals surface area contributed by atoms with Crippen LogP contribution < -0.4 is 5.12 Å². The predicted molar refractivity (Wildman–Crippen MR) is 63.9 cm³/mol. The van der Waals surface area contributed by atoms with E-state index in [4.69, 9.17) is 0 Å². The summed E-state index contributed by atoms with van der Waals surface area (Å²) in [6.45, 7) is 1.35. The normalized spacial score (nSPS) is 16.2. The minimum atomic E-state index is -1.14. The molecule has 0 fully saturated rings. The zero-order valence-corrected chi connectivity index (χ0v) is 9.77. The molecule has 8 nitrogen and oxygen atoms in total. The lowest BCUT2D eigenvalue weighted by Gasteiger charge is -2.17. The first kappa shape index (κ1) is 11.2. The number of hydrogen-bond donors (Lipinski definition) is 0. The topological polar surface area (TPSA) is 97.5 Å². The van der Waals surface area contributed by atoms with Crippen molar-refractivity contribution in [1.82, 2.24) is 15.1 Å². The summed E-state index contributed by atoms with van der Waals surface area (Å²) in [5.74, 6) is -3.12. The van der Waals surface area contributed by atoms with Gasteiger partial charge in [0, 0.05) is 0 Å². The Hall–Kier alpha value is -2.90. The van der Waals surface area contributed by atoms with Crippen molar-refractivity contribution in [2.24, 2.45) is 5.10 Å². The lowest BCUT2D eigenvalue weighted by atomic mass is 10.1. The summed E-state index contributed by atoms with van der Waals surface area (Å²) in [6.07, 6.45) is 0. The molecule has 1 amide bonds. The zero-order valence-electron chi connectivity index (χ0n) is 9.77. The van der Waals surface area contributed by atoms with Gasteiger partial charge >= 0.3 is 5.91 Å². The Kier molecular flexibility index (Phi) is 2.24. The molecule has 0 atom stereocenters. The highest BCUT2D eigenvalue weighted by atomic mass is 16.2. The summed E-state index contributed by atoms with van der Waals surface area (Å²) < 4.78 is 0. The lowest BCUT2D eigenvalue weighted by Crippen LogP contribution is -2.50. The number of hydrogen-bond acceptors (Lipinski definition) is 6. The number of hydrazone groups is 1. The second-order valence-electron chi connectivity index (χ2n) is 3.90. The van der Waals surface area contributed by atoms with E-state index >= 15 is 0 Å². The Labute approximate surface area is 106 Å². The van der Waals surface area contributed by atoms with Crippen molar-refractivity contribution in [2.75, 3.05) is 5.12 Å². The Balaban J connectivity index is 2.13. The summed E-state index contributed by atoms with van der Waals surface area (Å²) in [7, 11) is 0. The van der Waals surface area contributed by atoms with Crippen molar-refractivity contribution in [2.45, 2.75) is 6.92 Å². The third-order valence-electron chi connectivity index (χ3n) is 2.60. The smallest absolute Gasteiger partial charge is 0.283 e. The zero-order chi connectivity index (χ0) is 13.6. The first-order valence-corrected chi connectivity index (χ1v) is 5.38. The molecule has 0 spiro atoms. The Morgan fingerprint density at radius 2 is 1.53 bits per heavy atom. The van der Waals surface area contributed by atoms with Crippen LogP contribution in [-0.4, -0.2) is 38.3 Å².